The minimum absolute atomic E-state index is 0.0512. The molecule has 0 radical (unpaired) electrons. The Hall–Kier alpha value is -1.13. The lowest BCUT2D eigenvalue weighted by Gasteiger charge is -2.34. The van der Waals surface area contributed by atoms with Crippen LogP contribution in [0.5, 0.6) is 0 Å². The molecule has 0 unspecified atom stereocenters. The number of nitrogens with one attached hydrogen (secondary N) is 1. The van der Waals surface area contributed by atoms with Crippen molar-refractivity contribution in [2.45, 2.75) is 32.4 Å². The molecule has 2 N–H and O–H groups in total. The normalized spacial score (nSPS) is 22.9. The van der Waals surface area contributed by atoms with Gasteiger partial charge in [0.05, 0.1) is 6.10 Å². The van der Waals surface area contributed by atoms with Crippen molar-refractivity contribution in [3.63, 3.8) is 0 Å². The van der Waals surface area contributed by atoms with Gasteiger partial charge in [0.15, 0.2) is 0 Å². The van der Waals surface area contributed by atoms with Crippen molar-refractivity contribution in [2.24, 2.45) is 5.92 Å². The van der Waals surface area contributed by atoms with Gasteiger partial charge in [-0.25, -0.2) is 4.98 Å². The Balaban J connectivity index is 1.82. The molecule has 2 rings (SSSR count). The van der Waals surface area contributed by atoms with Gasteiger partial charge < -0.3 is 15.3 Å². The van der Waals surface area contributed by atoms with E-state index in [2.05, 4.69) is 41.3 Å². The van der Waals surface area contributed by atoms with E-state index >= 15 is 0 Å². The summed E-state index contributed by atoms with van der Waals surface area (Å²) in [5, 5.41) is 12.5. The predicted octanol–water partition coefficient (Wildman–Crippen LogP) is 1.72. The molecule has 4 nitrogen and oxygen atoms in total. The van der Waals surface area contributed by atoms with E-state index in [1.165, 1.54) is 5.56 Å². The van der Waals surface area contributed by atoms with Crippen LogP contribution in [0.25, 0.3) is 0 Å². The second-order valence-corrected chi connectivity index (χ2v) is 5.27. The number of aromatic nitrogens is 1. The highest BCUT2D eigenvalue weighted by atomic mass is 16.3. The molecule has 1 aliphatic carbocycles. The Labute approximate surface area is 109 Å². The third kappa shape index (κ3) is 3.68. The molecular formula is C14H23N3O. The van der Waals surface area contributed by atoms with Crippen LogP contribution < -0.4 is 5.32 Å². The summed E-state index contributed by atoms with van der Waals surface area (Å²) in [6.45, 7) is 4.97. The van der Waals surface area contributed by atoms with E-state index in [9.17, 15) is 5.11 Å². The number of aliphatic hydroxyl groups excluding tert-OH is 1. The molecule has 1 fully saturated rings. The summed E-state index contributed by atoms with van der Waals surface area (Å²) < 4.78 is 0. The zero-order valence-corrected chi connectivity index (χ0v) is 11.3. The van der Waals surface area contributed by atoms with E-state index in [0.717, 1.165) is 38.3 Å². The van der Waals surface area contributed by atoms with Gasteiger partial charge in [-0.05, 0) is 50.4 Å². The van der Waals surface area contributed by atoms with Crippen molar-refractivity contribution in [3.05, 3.63) is 23.9 Å². The van der Waals surface area contributed by atoms with E-state index in [0.29, 0.717) is 5.92 Å². The number of hydrogen-bond acceptors (Lipinski definition) is 4. The average molecular weight is 249 g/mol. The smallest absolute Gasteiger partial charge is 0.126 e. The molecule has 1 saturated carbocycles. The molecule has 1 aromatic rings. The molecule has 0 aromatic carbocycles. The van der Waals surface area contributed by atoms with Gasteiger partial charge in [-0.3, -0.25) is 0 Å². The van der Waals surface area contributed by atoms with E-state index in [4.69, 9.17) is 0 Å². The molecule has 0 spiro atoms. The highest BCUT2D eigenvalue weighted by molar-refractivity contribution is 5.37. The molecule has 0 saturated heterocycles. The lowest BCUT2D eigenvalue weighted by atomic mass is 9.82. The fraction of sp³-hybridized carbons (Fsp3) is 0.643. The average Bonchev–Trinajstić information content (AvgIpc) is 2.28. The number of pyridine rings is 1. The number of aliphatic hydroxyl groups is 1. The quantitative estimate of drug-likeness (QED) is 0.806. The van der Waals surface area contributed by atoms with Crippen molar-refractivity contribution >= 4 is 5.82 Å². The molecule has 0 amide bonds. The Morgan fingerprint density at radius 2 is 2.28 bits per heavy atom. The molecule has 1 aromatic heterocycles. The summed E-state index contributed by atoms with van der Waals surface area (Å²) in [6.07, 6.45) is 3.73. The summed E-state index contributed by atoms with van der Waals surface area (Å²) >= 11 is 0. The Morgan fingerprint density at radius 1 is 1.50 bits per heavy atom. The monoisotopic (exact) mass is 249 g/mol. The fourth-order valence-corrected chi connectivity index (χ4v) is 2.52. The summed E-state index contributed by atoms with van der Waals surface area (Å²) in [6, 6.07) is 4.17. The van der Waals surface area contributed by atoms with Crippen molar-refractivity contribution in [2.75, 3.05) is 25.5 Å². The van der Waals surface area contributed by atoms with E-state index in [1.54, 1.807) is 0 Å². The van der Waals surface area contributed by atoms with Crippen LogP contribution in [0.1, 0.15) is 25.3 Å². The molecule has 1 aliphatic rings. The van der Waals surface area contributed by atoms with E-state index in [1.807, 2.05) is 6.20 Å². The van der Waals surface area contributed by atoms with E-state index in [-0.39, 0.29) is 6.10 Å². The van der Waals surface area contributed by atoms with Crippen LogP contribution in [0.3, 0.4) is 0 Å². The van der Waals surface area contributed by atoms with Crippen LogP contribution in [0, 0.1) is 5.92 Å². The first-order valence-corrected chi connectivity index (χ1v) is 6.72. The molecule has 0 aliphatic heterocycles. The third-order valence-electron chi connectivity index (χ3n) is 3.42. The van der Waals surface area contributed by atoms with E-state index < -0.39 is 0 Å². The van der Waals surface area contributed by atoms with Gasteiger partial charge in [0.2, 0.25) is 0 Å². The maximum Gasteiger partial charge on any atom is 0.126 e. The standard InChI is InChI=1S/C14H23N3O/c1-3-15-14-8-11(4-5-16-14)9-17(2)10-12-6-13(18)7-12/h4-5,8,12-13,18H,3,6-7,9-10H2,1-2H3,(H,15,16). The Morgan fingerprint density at radius 3 is 2.94 bits per heavy atom. The molecule has 4 heteroatoms. The van der Waals surface area contributed by atoms with Crippen LogP contribution in [0.4, 0.5) is 5.82 Å². The van der Waals surface area contributed by atoms with Crippen LogP contribution in [0.2, 0.25) is 0 Å². The number of anilines is 1. The molecule has 0 bridgehead atoms. The van der Waals surface area contributed by atoms with Gasteiger partial charge in [-0.1, -0.05) is 0 Å². The summed E-state index contributed by atoms with van der Waals surface area (Å²) in [4.78, 5) is 6.59. The topological polar surface area (TPSA) is 48.4 Å². The first kappa shape index (κ1) is 13.3. The Kier molecular flexibility index (Phi) is 4.55. The number of rotatable bonds is 6. The maximum absolute atomic E-state index is 9.28. The van der Waals surface area contributed by atoms with Crippen molar-refractivity contribution in [3.8, 4) is 0 Å². The zero-order valence-electron chi connectivity index (χ0n) is 11.3. The van der Waals surface area contributed by atoms with Crippen LogP contribution >= 0.6 is 0 Å². The summed E-state index contributed by atoms with van der Waals surface area (Å²) in [5.74, 6) is 1.61. The van der Waals surface area contributed by atoms with Crippen LogP contribution in [-0.4, -0.2) is 41.2 Å². The van der Waals surface area contributed by atoms with Gasteiger partial charge in [0.1, 0.15) is 5.82 Å². The molecular weight excluding hydrogens is 226 g/mol. The minimum atomic E-state index is -0.0512. The van der Waals surface area contributed by atoms with Crippen LogP contribution in [0.15, 0.2) is 18.3 Å². The predicted molar refractivity (Wildman–Crippen MR) is 73.5 cm³/mol. The molecule has 18 heavy (non-hydrogen) atoms. The number of hydrogen-bond donors (Lipinski definition) is 2. The van der Waals surface area contributed by atoms with Gasteiger partial charge in [0.25, 0.3) is 0 Å². The van der Waals surface area contributed by atoms with Gasteiger partial charge >= 0.3 is 0 Å². The maximum atomic E-state index is 9.28. The lowest BCUT2D eigenvalue weighted by Crippen LogP contribution is -2.36. The lowest BCUT2D eigenvalue weighted by molar-refractivity contribution is 0.0274. The van der Waals surface area contributed by atoms with Crippen molar-refractivity contribution < 1.29 is 5.11 Å². The van der Waals surface area contributed by atoms with Crippen molar-refractivity contribution in [1.29, 1.82) is 0 Å². The summed E-state index contributed by atoms with van der Waals surface area (Å²) in [7, 11) is 2.14. The number of nitrogens with zero attached hydrogens (tertiary/aromatic N) is 2. The largest absolute Gasteiger partial charge is 0.393 e. The second-order valence-electron chi connectivity index (χ2n) is 5.27. The third-order valence-corrected chi connectivity index (χ3v) is 3.42. The van der Waals surface area contributed by atoms with Gasteiger partial charge in [-0.2, -0.15) is 0 Å². The first-order valence-electron chi connectivity index (χ1n) is 6.72. The van der Waals surface area contributed by atoms with Crippen molar-refractivity contribution in [1.82, 2.24) is 9.88 Å². The van der Waals surface area contributed by atoms with Gasteiger partial charge in [0, 0.05) is 25.8 Å². The fourth-order valence-electron chi connectivity index (χ4n) is 2.52. The summed E-state index contributed by atoms with van der Waals surface area (Å²) in [5.41, 5.74) is 1.28. The minimum Gasteiger partial charge on any atom is -0.393 e. The Bertz CT molecular complexity index is 377. The molecule has 1 heterocycles. The second kappa shape index (κ2) is 6.16. The molecule has 0 atom stereocenters. The first-order chi connectivity index (χ1) is 8.67. The molecule has 100 valence electrons. The SMILES string of the molecule is CCNc1cc(CN(C)CC2CC(O)C2)ccn1. The van der Waals surface area contributed by atoms with Gasteiger partial charge in [-0.15, -0.1) is 0 Å². The van der Waals surface area contributed by atoms with Crippen LogP contribution in [-0.2, 0) is 6.54 Å². The highest BCUT2D eigenvalue weighted by Crippen LogP contribution is 2.27. The zero-order chi connectivity index (χ0) is 13.0. The highest BCUT2D eigenvalue weighted by Gasteiger charge is 2.27.